The number of anilines is 1. The van der Waals surface area contributed by atoms with E-state index in [0.29, 0.717) is 5.82 Å². The molecule has 1 aromatic rings. The van der Waals surface area contributed by atoms with Gasteiger partial charge in [-0.3, -0.25) is 4.79 Å². The second kappa shape index (κ2) is 4.18. The number of amides is 1. The quantitative estimate of drug-likeness (QED) is 0.787. The molecule has 4 nitrogen and oxygen atoms in total. The number of nitrogens with two attached hydrogens (primary N) is 1. The molecule has 1 amide bonds. The molecular weight excluding hydrogens is 222 g/mol. The zero-order valence-electron chi connectivity index (χ0n) is 6.25. The Bertz CT molecular complexity index is 272. The van der Waals surface area contributed by atoms with Crippen LogP contribution in [0.4, 0.5) is 5.82 Å². The molecule has 1 aromatic heterocycles. The summed E-state index contributed by atoms with van der Waals surface area (Å²) in [4.78, 5) is 14.7. The molecule has 0 aliphatic heterocycles. The molecular formula is C7H8BrN3O. The Labute approximate surface area is 78.3 Å². The first kappa shape index (κ1) is 9.15. The monoisotopic (exact) mass is 229 g/mol. The zero-order chi connectivity index (χ0) is 8.97. The van der Waals surface area contributed by atoms with E-state index in [1.54, 1.807) is 18.3 Å². The van der Waals surface area contributed by atoms with Gasteiger partial charge in [0.05, 0.1) is 6.54 Å². The third-order valence-electron chi connectivity index (χ3n) is 1.18. The number of aromatic nitrogens is 1. The lowest BCUT2D eigenvalue weighted by atomic mass is 10.4. The molecule has 0 unspecified atom stereocenters. The summed E-state index contributed by atoms with van der Waals surface area (Å²) in [7, 11) is 0. The van der Waals surface area contributed by atoms with E-state index in [4.69, 9.17) is 5.73 Å². The van der Waals surface area contributed by atoms with Gasteiger partial charge in [-0.05, 0) is 28.1 Å². The van der Waals surface area contributed by atoms with Crippen LogP contribution in [0.5, 0.6) is 0 Å². The Kier molecular flexibility index (Phi) is 3.19. The summed E-state index contributed by atoms with van der Waals surface area (Å²) in [5.74, 6) is 0.262. The highest BCUT2D eigenvalue weighted by molar-refractivity contribution is 9.10. The van der Waals surface area contributed by atoms with Crippen molar-refractivity contribution in [3.8, 4) is 0 Å². The number of carbonyl (C=O) groups excluding carboxylic acids is 1. The fraction of sp³-hybridized carbons (Fsp3) is 0.143. The van der Waals surface area contributed by atoms with Crippen molar-refractivity contribution >= 4 is 27.7 Å². The molecule has 12 heavy (non-hydrogen) atoms. The number of hydrogen-bond acceptors (Lipinski definition) is 3. The molecule has 0 aliphatic carbocycles. The molecule has 0 aromatic carbocycles. The normalized spacial score (nSPS) is 9.50. The van der Waals surface area contributed by atoms with Crippen molar-refractivity contribution in [2.75, 3.05) is 11.9 Å². The number of nitrogens with zero attached hydrogens (tertiary/aromatic N) is 1. The van der Waals surface area contributed by atoms with Crippen molar-refractivity contribution < 1.29 is 4.79 Å². The van der Waals surface area contributed by atoms with Crippen LogP contribution >= 0.6 is 15.9 Å². The van der Waals surface area contributed by atoms with Crippen LogP contribution in [0, 0.1) is 0 Å². The van der Waals surface area contributed by atoms with Crippen LogP contribution in [0.25, 0.3) is 0 Å². The molecule has 1 heterocycles. The lowest BCUT2D eigenvalue weighted by molar-refractivity contribution is -0.114. The highest BCUT2D eigenvalue weighted by Crippen LogP contribution is 2.09. The molecule has 1 rings (SSSR count). The van der Waals surface area contributed by atoms with Gasteiger partial charge in [0.2, 0.25) is 5.91 Å². The van der Waals surface area contributed by atoms with Crippen LogP contribution in [-0.2, 0) is 4.79 Å². The Hall–Kier alpha value is -0.940. The third kappa shape index (κ3) is 2.60. The van der Waals surface area contributed by atoms with Gasteiger partial charge in [0, 0.05) is 10.7 Å². The predicted molar refractivity (Wildman–Crippen MR) is 49.6 cm³/mol. The fourth-order valence-electron chi connectivity index (χ4n) is 0.644. The first-order chi connectivity index (χ1) is 5.72. The lowest BCUT2D eigenvalue weighted by Crippen LogP contribution is -2.22. The summed E-state index contributed by atoms with van der Waals surface area (Å²) in [5.41, 5.74) is 5.10. The summed E-state index contributed by atoms with van der Waals surface area (Å²) in [6.07, 6.45) is 1.60. The molecule has 0 saturated heterocycles. The maximum atomic E-state index is 10.8. The minimum absolute atomic E-state index is 0.0300. The number of pyridine rings is 1. The van der Waals surface area contributed by atoms with Crippen molar-refractivity contribution in [1.82, 2.24) is 4.98 Å². The van der Waals surface area contributed by atoms with Gasteiger partial charge in [-0.25, -0.2) is 4.98 Å². The number of rotatable bonds is 2. The van der Waals surface area contributed by atoms with Gasteiger partial charge in [-0.2, -0.15) is 0 Å². The van der Waals surface area contributed by atoms with E-state index in [9.17, 15) is 4.79 Å². The topological polar surface area (TPSA) is 68.0 Å². The minimum atomic E-state index is -0.246. The first-order valence-electron chi connectivity index (χ1n) is 3.34. The largest absolute Gasteiger partial charge is 0.322 e. The predicted octanol–water partition coefficient (Wildman–Crippen LogP) is 0.741. The average Bonchev–Trinajstić information content (AvgIpc) is 2.09. The van der Waals surface area contributed by atoms with Crippen LogP contribution in [0.3, 0.4) is 0 Å². The zero-order valence-corrected chi connectivity index (χ0v) is 7.84. The van der Waals surface area contributed by atoms with E-state index in [1.165, 1.54) is 0 Å². The summed E-state index contributed by atoms with van der Waals surface area (Å²) < 4.78 is 0.869. The van der Waals surface area contributed by atoms with Crippen molar-refractivity contribution in [3.05, 3.63) is 22.8 Å². The Morgan fingerprint density at radius 3 is 2.92 bits per heavy atom. The van der Waals surface area contributed by atoms with Crippen molar-refractivity contribution in [1.29, 1.82) is 0 Å². The number of halogens is 1. The van der Waals surface area contributed by atoms with Gasteiger partial charge in [-0.1, -0.05) is 0 Å². The molecule has 0 atom stereocenters. The Morgan fingerprint density at radius 1 is 1.67 bits per heavy atom. The van der Waals surface area contributed by atoms with Gasteiger partial charge in [-0.15, -0.1) is 0 Å². The van der Waals surface area contributed by atoms with Gasteiger partial charge >= 0.3 is 0 Å². The van der Waals surface area contributed by atoms with Crippen molar-refractivity contribution in [2.24, 2.45) is 5.73 Å². The molecule has 0 aliphatic rings. The van der Waals surface area contributed by atoms with Gasteiger partial charge in [0.25, 0.3) is 0 Å². The van der Waals surface area contributed by atoms with Crippen molar-refractivity contribution in [2.45, 2.75) is 0 Å². The second-order valence-electron chi connectivity index (χ2n) is 2.11. The van der Waals surface area contributed by atoms with E-state index >= 15 is 0 Å². The molecule has 0 spiro atoms. The average molecular weight is 230 g/mol. The van der Waals surface area contributed by atoms with E-state index in [2.05, 4.69) is 26.2 Å². The molecule has 5 heteroatoms. The number of nitrogens with one attached hydrogen (secondary N) is 1. The van der Waals surface area contributed by atoms with Crippen LogP contribution in [0.2, 0.25) is 0 Å². The van der Waals surface area contributed by atoms with Gasteiger partial charge < -0.3 is 11.1 Å². The molecule has 0 saturated carbocycles. The highest BCUT2D eigenvalue weighted by Gasteiger charge is 1.98. The van der Waals surface area contributed by atoms with Crippen LogP contribution in [0.1, 0.15) is 0 Å². The summed E-state index contributed by atoms with van der Waals surface area (Å²) in [5, 5.41) is 2.52. The van der Waals surface area contributed by atoms with Crippen LogP contribution < -0.4 is 11.1 Å². The maximum absolute atomic E-state index is 10.8. The fourth-order valence-corrected chi connectivity index (χ4v) is 0.878. The lowest BCUT2D eigenvalue weighted by Gasteiger charge is -2.00. The standard InChI is InChI=1S/C7H8BrN3O/c8-5-1-2-6(10-4-5)11-7(12)3-9/h1-2,4H,3,9H2,(H,10,11,12). The molecule has 64 valence electrons. The van der Waals surface area contributed by atoms with Crippen LogP contribution in [-0.4, -0.2) is 17.4 Å². The van der Waals surface area contributed by atoms with Gasteiger partial charge in [0.15, 0.2) is 0 Å². The first-order valence-corrected chi connectivity index (χ1v) is 4.13. The second-order valence-corrected chi connectivity index (χ2v) is 3.03. The summed E-state index contributed by atoms with van der Waals surface area (Å²) in [6, 6.07) is 3.48. The Morgan fingerprint density at radius 2 is 2.42 bits per heavy atom. The summed E-state index contributed by atoms with van der Waals surface area (Å²) >= 11 is 3.23. The third-order valence-corrected chi connectivity index (χ3v) is 1.65. The molecule has 0 radical (unpaired) electrons. The molecule has 0 fully saturated rings. The van der Waals surface area contributed by atoms with E-state index in [-0.39, 0.29) is 12.5 Å². The smallest absolute Gasteiger partial charge is 0.239 e. The summed E-state index contributed by atoms with van der Waals surface area (Å²) in [6.45, 7) is -0.0300. The van der Waals surface area contributed by atoms with E-state index in [1.807, 2.05) is 0 Å². The van der Waals surface area contributed by atoms with Crippen LogP contribution in [0.15, 0.2) is 22.8 Å². The minimum Gasteiger partial charge on any atom is -0.322 e. The maximum Gasteiger partial charge on any atom is 0.239 e. The van der Waals surface area contributed by atoms with Gasteiger partial charge in [0.1, 0.15) is 5.82 Å². The molecule has 0 bridgehead atoms. The number of hydrogen-bond donors (Lipinski definition) is 2. The van der Waals surface area contributed by atoms with Crippen molar-refractivity contribution in [3.63, 3.8) is 0 Å². The van der Waals surface area contributed by atoms with E-state index in [0.717, 1.165) is 4.47 Å². The number of carbonyl (C=O) groups is 1. The highest BCUT2D eigenvalue weighted by atomic mass is 79.9. The van der Waals surface area contributed by atoms with E-state index < -0.39 is 0 Å². The molecule has 3 N–H and O–H groups in total. The Balaban J connectivity index is 2.64. The SMILES string of the molecule is NCC(=O)Nc1ccc(Br)cn1.